The number of hydrogen-bond donors (Lipinski definition) is 1. The van der Waals surface area contributed by atoms with Gasteiger partial charge in [-0.3, -0.25) is 9.59 Å². The smallest absolute Gasteiger partial charge is 0.290 e. The van der Waals surface area contributed by atoms with Crippen LogP contribution in [0.1, 0.15) is 65.8 Å². The van der Waals surface area contributed by atoms with Crippen LogP contribution in [0.2, 0.25) is 0 Å². The van der Waals surface area contributed by atoms with Crippen LogP contribution in [0, 0.1) is 6.92 Å². The monoisotopic (exact) mass is 450 g/mol. The topological polar surface area (TPSA) is 84.9 Å². The average Bonchev–Trinajstić information content (AvgIpc) is 3.51. The largest absolute Gasteiger partial charge is 0.496 e. The van der Waals surface area contributed by atoms with Crippen LogP contribution in [0.25, 0.3) is 0 Å². The Bertz CT molecular complexity index is 1070. The van der Waals surface area contributed by atoms with Crippen molar-refractivity contribution in [2.45, 2.75) is 57.7 Å². The fourth-order valence-corrected chi connectivity index (χ4v) is 4.39. The number of furan rings is 2. The van der Waals surface area contributed by atoms with Gasteiger partial charge in [0.2, 0.25) is 0 Å². The van der Waals surface area contributed by atoms with Crippen LogP contribution in [0.15, 0.2) is 63.6 Å². The highest BCUT2D eigenvalue weighted by atomic mass is 16.5. The van der Waals surface area contributed by atoms with Gasteiger partial charge < -0.3 is 23.8 Å². The summed E-state index contributed by atoms with van der Waals surface area (Å²) < 4.78 is 16.8. The third-order valence-electron chi connectivity index (χ3n) is 6.07. The molecule has 4 rings (SSSR count). The molecule has 1 N–H and O–H groups in total. The van der Waals surface area contributed by atoms with Gasteiger partial charge in [0.05, 0.1) is 19.9 Å². The van der Waals surface area contributed by atoms with Crippen molar-refractivity contribution in [3.63, 3.8) is 0 Å². The number of amides is 2. The number of aryl methyl sites for hydroxylation is 1. The molecule has 2 aromatic heterocycles. The van der Waals surface area contributed by atoms with Gasteiger partial charge in [-0.1, -0.05) is 37.5 Å². The second-order valence-electron chi connectivity index (χ2n) is 8.42. The number of rotatable bonds is 8. The van der Waals surface area contributed by atoms with Gasteiger partial charge in [-0.25, -0.2) is 0 Å². The fourth-order valence-electron chi connectivity index (χ4n) is 4.39. The van der Waals surface area contributed by atoms with E-state index in [0.717, 1.165) is 31.2 Å². The van der Waals surface area contributed by atoms with E-state index in [2.05, 4.69) is 5.32 Å². The molecule has 1 atom stereocenters. The van der Waals surface area contributed by atoms with Gasteiger partial charge >= 0.3 is 0 Å². The predicted octanol–water partition coefficient (Wildman–Crippen LogP) is 5.02. The number of benzene rings is 1. The highest BCUT2D eigenvalue weighted by Crippen LogP contribution is 2.30. The third kappa shape index (κ3) is 5.30. The minimum Gasteiger partial charge on any atom is -0.496 e. The van der Waals surface area contributed by atoms with Crippen molar-refractivity contribution in [1.29, 1.82) is 0 Å². The fraction of sp³-hybridized carbons (Fsp3) is 0.385. The Labute approximate surface area is 193 Å². The maximum atomic E-state index is 13.7. The van der Waals surface area contributed by atoms with Gasteiger partial charge in [-0.05, 0) is 50.1 Å². The zero-order chi connectivity index (χ0) is 23.2. The molecular formula is C26H30N2O5. The zero-order valence-electron chi connectivity index (χ0n) is 19.1. The molecule has 1 aliphatic carbocycles. The van der Waals surface area contributed by atoms with Gasteiger partial charge in [0.1, 0.15) is 17.3 Å². The van der Waals surface area contributed by atoms with Crippen molar-refractivity contribution in [3.05, 3.63) is 77.6 Å². The van der Waals surface area contributed by atoms with Gasteiger partial charge in [0.25, 0.3) is 11.8 Å². The van der Waals surface area contributed by atoms with Crippen LogP contribution in [-0.2, 0) is 11.3 Å². The second kappa shape index (κ2) is 10.4. The Hall–Kier alpha value is -3.48. The van der Waals surface area contributed by atoms with Crippen molar-refractivity contribution in [2.75, 3.05) is 7.11 Å². The summed E-state index contributed by atoms with van der Waals surface area (Å²) in [5.41, 5.74) is 0.777. The van der Waals surface area contributed by atoms with Crippen LogP contribution < -0.4 is 10.1 Å². The number of nitrogens with zero attached hydrogens (tertiary/aromatic N) is 1. The van der Waals surface area contributed by atoms with E-state index in [1.807, 2.05) is 31.2 Å². The normalized spacial score (nSPS) is 15.1. The van der Waals surface area contributed by atoms with Crippen molar-refractivity contribution < 1.29 is 23.2 Å². The van der Waals surface area contributed by atoms with Gasteiger partial charge in [0, 0.05) is 11.6 Å². The summed E-state index contributed by atoms with van der Waals surface area (Å²) in [6.45, 7) is 1.96. The third-order valence-corrected chi connectivity index (χ3v) is 6.07. The van der Waals surface area contributed by atoms with E-state index in [1.54, 1.807) is 31.4 Å². The Morgan fingerprint density at radius 3 is 2.55 bits per heavy atom. The van der Waals surface area contributed by atoms with E-state index in [0.29, 0.717) is 17.3 Å². The molecule has 0 bridgehead atoms. The minimum absolute atomic E-state index is 0.0941. The summed E-state index contributed by atoms with van der Waals surface area (Å²) in [7, 11) is 1.58. The van der Waals surface area contributed by atoms with Crippen LogP contribution in [0.5, 0.6) is 5.75 Å². The van der Waals surface area contributed by atoms with Gasteiger partial charge in [-0.15, -0.1) is 0 Å². The molecule has 2 amide bonds. The molecule has 0 spiro atoms. The quantitative estimate of drug-likeness (QED) is 0.521. The van der Waals surface area contributed by atoms with Crippen molar-refractivity contribution in [3.8, 4) is 5.75 Å². The lowest BCUT2D eigenvalue weighted by molar-refractivity contribution is -0.127. The van der Waals surface area contributed by atoms with Crippen molar-refractivity contribution in [1.82, 2.24) is 10.2 Å². The van der Waals surface area contributed by atoms with Crippen molar-refractivity contribution in [2.24, 2.45) is 0 Å². The van der Waals surface area contributed by atoms with Crippen LogP contribution >= 0.6 is 0 Å². The Morgan fingerprint density at radius 1 is 1.09 bits per heavy atom. The average molecular weight is 451 g/mol. The highest BCUT2D eigenvalue weighted by molar-refractivity contribution is 5.95. The van der Waals surface area contributed by atoms with E-state index >= 15 is 0 Å². The van der Waals surface area contributed by atoms with E-state index in [1.165, 1.54) is 17.6 Å². The van der Waals surface area contributed by atoms with Gasteiger partial charge in [-0.2, -0.15) is 0 Å². The summed E-state index contributed by atoms with van der Waals surface area (Å²) in [5.74, 6) is 1.22. The number of nitrogens with one attached hydrogen (secondary N) is 1. The predicted molar refractivity (Wildman–Crippen MR) is 123 cm³/mol. The van der Waals surface area contributed by atoms with E-state index < -0.39 is 11.9 Å². The van der Waals surface area contributed by atoms with E-state index in [-0.39, 0.29) is 24.3 Å². The molecule has 7 heteroatoms. The summed E-state index contributed by atoms with van der Waals surface area (Å²) >= 11 is 0. The molecule has 2 heterocycles. The molecule has 1 unspecified atom stereocenters. The molecule has 0 saturated heterocycles. The summed E-state index contributed by atoms with van der Waals surface area (Å²) in [6.07, 6.45) is 6.69. The molecular weight excluding hydrogens is 420 g/mol. The maximum absolute atomic E-state index is 13.7. The lowest BCUT2D eigenvalue weighted by Crippen LogP contribution is -2.46. The summed E-state index contributed by atoms with van der Waals surface area (Å²) in [5, 5.41) is 3.17. The first-order valence-corrected chi connectivity index (χ1v) is 11.4. The molecule has 3 aromatic rings. The number of carbonyl (C=O) groups excluding carboxylic acids is 2. The molecule has 1 aromatic carbocycles. The molecule has 33 heavy (non-hydrogen) atoms. The molecule has 174 valence electrons. The maximum Gasteiger partial charge on any atom is 0.290 e. The zero-order valence-corrected chi connectivity index (χ0v) is 19.1. The highest BCUT2D eigenvalue weighted by Gasteiger charge is 2.37. The van der Waals surface area contributed by atoms with E-state index in [4.69, 9.17) is 13.6 Å². The number of para-hydroxylation sites is 1. The first kappa shape index (κ1) is 22.7. The molecule has 7 nitrogen and oxygen atoms in total. The summed E-state index contributed by atoms with van der Waals surface area (Å²) in [6, 6.07) is 13.4. The Balaban J connectivity index is 1.73. The first-order chi connectivity index (χ1) is 16.1. The molecule has 0 radical (unpaired) electrons. The number of ether oxygens (including phenoxy) is 1. The lowest BCUT2D eigenvalue weighted by atomic mass is 9.95. The van der Waals surface area contributed by atoms with Crippen molar-refractivity contribution >= 4 is 11.8 Å². The van der Waals surface area contributed by atoms with Gasteiger partial charge in [0.15, 0.2) is 11.8 Å². The Kier molecular flexibility index (Phi) is 7.17. The standard InChI is InChI=1S/C26H30N2O5/c1-18-14-15-22(33-18)24(25(29)27-20-10-4-3-5-11-20)28(26(30)23-13-8-16-32-23)17-19-9-6-7-12-21(19)31-2/h6-9,12-16,20,24H,3-5,10-11,17H2,1-2H3,(H,27,29). The number of methoxy groups -OCH3 is 1. The summed E-state index contributed by atoms with van der Waals surface area (Å²) in [4.78, 5) is 28.7. The Morgan fingerprint density at radius 2 is 1.88 bits per heavy atom. The SMILES string of the molecule is COc1ccccc1CN(C(=O)c1ccco1)C(C(=O)NC1CCCCC1)c1ccc(C)o1. The molecule has 0 aliphatic heterocycles. The minimum atomic E-state index is -0.955. The molecule has 1 saturated carbocycles. The molecule has 1 fully saturated rings. The molecule has 1 aliphatic rings. The second-order valence-corrected chi connectivity index (χ2v) is 8.42. The van der Waals surface area contributed by atoms with E-state index in [9.17, 15) is 9.59 Å². The van der Waals surface area contributed by atoms with Crippen LogP contribution in [0.3, 0.4) is 0 Å². The number of hydrogen-bond acceptors (Lipinski definition) is 5. The lowest BCUT2D eigenvalue weighted by Gasteiger charge is -2.32. The van der Waals surface area contributed by atoms with Crippen LogP contribution in [-0.4, -0.2) is 29.9 Å². The van der Waals surface area contributed by atoms with Crippen LogP contribution in [0.4, 0.5) is 0 Å². The number of carbonyl (C=O) groups is 2. The first-order valence-electron chi connectivity index (χ1n) is 11.4.